The molecule has 3 atom stereocenters. The summed E-state index contributed by atoms with van der Waals surface area (Å²) in [5.74, 6) is 0.417. The van der Waals surface area contributed by atoms with E-state index in [1.54, 1.807) is 22.9 Å². The second-order valence-electron chi connectivity index (χ2n) is 7.27. The number of aromatic nitrogens is 2. The summed E-state index contributed by atoms with van der Waals surface area (Å²) in [6.45, 7) is 2.35. The number of nitrogens with zero attached hydrogens (tertiary/aromatic N) is 2. The van der Waals surface area contributed by atoms with Crippen molar-refractivity contribution in [3.05, 3.63) is 49.9 Å². The Balaban J connectivity index is 1.83. The molecule has 2 bridgehead atoms. The van der Waals surface area contributed by atoms with E-state index in [9.17, 15) is 4.79 Å². The van der Waals surface area contributed by atoms with Crippen LogP contribution in [0.1, 0.15) is 43.4 Å². The van der Waals surface area contributed by atoms with Gasteiger partial charge in [-0.1, -0.05) is 30.1 Å². The summed E-state index contributed by atoms with van der Waals surface area (Å²) >= 11 is 12.4. The molecule has 114 valence electrons. The third-order valence-electron chi connectivity index (χ3n) is 6.51. The van der Waals surface area contributed by atoms with E-state index in [2.05, 4.69) is 6.92 Å². The van der Waals surface area contributed by atoms with Gasteiger partial charge >= 0.3 is 0 Å². The summed E-state index contributed by atoms with van der Waals surface area (Å²) in [6.07, 6.45) is 3.58. The lowest BCUT2D eigenvalue weighted by atomic mass is 9.86. The Bertz CT molecular complexity index is 908. The Labute approximate surface area is 138 Å². The fourth-order valence-electron chi connectivity index (χ4n) is 5.48. The van der Waals surface area contributed by atoms with Gasteiger partial charge in [0.2, 0.25) is 0 Å². The van der Waals surface area contributed by atoms with Crippen molar-refractivity contribution in [3.8, 4) is 5.69 Å². The van der Waals surface area contributed by atoms with Gasteiger partial charge in [0.25, 0.3) is 5.56 Å². The van der Waals surface area contributed by atoms with Crippen LogP contribution in [0.15, 0.2) is 23.0 Å². The molecule has 1 unspecified atom stereocenters. The Morgan fingerprint density at radius 3 is 2.77 bits per heavy atom. The van der Waals surface area contributed by atoms with Crippen molar-refractivity contribution >= 4 is 23.2 Å². The van der Waals surface area contributed by atoms with Crippen LogP contribution in [0, 0.1) is 5.41 Å². The average Bonchev–Trinajstić information content (AvgIpc) is 2.72. The molecule has 1 heterocycles. The van der Waals surface area contributed by atoms with Crippen molar-refractivity contribution in [1.29, 1.82) is 0 Å². The van der Waals surface area contributed by atoms with Crippen molar-refractivity contribution in [2.24, 2.45) is 12.5 Å². The fourth-order valence-corrected chi connectivity index (χ4v) is 5.85. The molecule has 0 aliphatic heterocycles. The Hall–Kier alpha value is -1.19. The fraction of sp³-hybridized carbons (Fsp3) is 0.471. The van der Waals surface area contributed by atoms with Crippen LogP contribution in [-0.4, -0.2) is 9.36 Å². The van der Waals surface area contributed by atoms with Crippen molar-refractivity contribution in [3.63, 3.8) is 0 Å². The number of fused-ring (bicyclic) bond motifs is 2. The van der Waals surface area contributed by atoms with Crippen molar-refractivity contribution in [1.82, 2.24) is 9.36 Å². The maximum Gasteiger partial charge on any atom is 0.275 e. The molecule has 3 nitrogen and oxygen atoms in total. The van der Waals surface area contributed by atoms with Gasteiger partial charge in [0.05, 0.1) is 16.4 Å². The zero-order valence-electron chi connectivity index (χ0n) is 12.5. The monoisotopic (exact) mass is 334 g/mol. The topological polar surface area (TPSA) is 26.9 Å². The first-order valence-electron chi connectivity index (χ1n) is 7.68. The van der Waals surface area contributed by atoms with Crippen LogP contribution in [0.4, 0.5) is 0 Å². The van der Waals surface area contributed by atoms with E-state index in [1.807, 2.05) is 11.7 Å². The van der Waals surface area contributed by atoms with Gasteiger partial charge in [-0.05, 0) is 48.8 Å². The smallest absolute Gasteiger partial charge is 0.275 e. The van der Waals surface area contributed by atoms with Crippen LogP contribution >= 0.6 is 23.2 Å². The van der Waals surface area contributed by atoms with Crippen molar-refractivity contribution < 1.29 is 0 Å². The highest BCUT2D eigenvalue weighted by Gasteiger charge is 2.78. The van der Waals surface area contributed by atoms with E-state index in [-0.39, 0.29) is 11.0 Å². The lowest BCUT2D eigenvalue weighted by Crippen LogP contribution is -2.24. The van der Waals surface area contributed by atoms with E-state index in [0.29, 0.717) is 27.1 Å². The minimum atomic E-state index is 0.0826. The van der Waals surface area contributed by atoms with Gasteiger partial charge in [0.15, 0.2) is 0 Å². The molecule has 0 radical (unpaired) electrons. The highest BCUT2D eigenvalue weighted by molar-refractivity contribution is 6.34. The highest BCUT2D eigenvalue weighted by Crippen LogP contribution is 2.83. The molecule has 0 saturated heterocycles. The molecule has 1 aromatic carbocycles. The summed E-state index contributed by atoms with van der Waals surface area (Å²) in [4.78, 5) is 13.1. The van der Waals surface area contributed by atoms with Gasteiger partial charge in [0, 0.05) is 23.0 Å². The zero-order valence-corrected chi connectivity index (χ0v) is 14.0. The molecule has 5 rings (SSSR count). The first-order chi connectivity index (χ1) is 10.4. The average molecular weight is 335 g/mol. The van der Waals surface area contributed by atoms with E-state index in [0.717, 1.165) is 12.0 Å². The lowest BCUT2D eigenvalue weighted by Gasteiger charge is -2.19. The summed E-state index contributed by atoms with van der Waals surface area (Å²) in [6, 6.07) is 5.26. The minimum absolute atomic E-state index is 0.0826. The van der Waals surface area contributed by atoms with Crippen molar-refractivity contribution in [2.45, 2.75) is 37.5 Å². The third-order valence-corrected chi connectivity index (χ3v) is 7.06. The van der Waals surface area contributed by atoms with Gasteiger partial charge in [-0.3, -0.25) is 9.48 Å². The van der Waals surface area contributed by atoms with Crippen LogP contribution in [0.5, 0.6) is 0 Å². The highest BCUT2D eigenvalue weighted by atomic mass is 35.5. The predicted molar refractivity (Wildman–Crippen MR) is 87.4 cm³/mol. The van der Waals surface area contributed by atoms with E-state index in [4.69, 9.17) is 23.2 Å². The second kappa shape index (κ2) is 3.65. The number of halogens is 2. The van der Waals surface area contributed by atoms with Gasteiger partial charge in [-0.25, -0.2) is 4.68 Å². The summed E-state index contributed by atoms with van der Waals surface area (Å²) in [5, 5.41) is 1.14. The lowest BCUT2D eigenvalue weighted by molar-refractivity contribution is 0.470. The summed E-state index contributed by atoms with van der Waals surface area (Å²) < 4.78 is 3.73. The molecule has 0 N–H and O–H groups in total. The Morgan fingerprint density at radius 2 is 2.09 bits per heavy atom. The minimum Gasteiger partial charge on any atom is -0.284 e. The zero-order chi connectivity index (χ0) is 15.4. The van der Waals surface area contributed by atoms with Gasteiger partial charge in [0.1, 0.15) is 0 Å². The normalized spacial score (nSPS) is 33.9. The van der Waals surface area contributed by atoms with E-state index >= 15 is 0 Å². The molecule has 2 fully saturated rings. The number of rotatable bonds is 1. The van der Waals surface area contributed by atoms with Gasteiger partial charge < -0.3 is 0 Å². The molecule has 2 saturated carbocycles. The number of benzene rings is 1. The maximum atomic E-state index is 13.1. The number of hydrogen-bond acceptors (Lipinski definition) is 1. The Kier molecular flexibility index (Phi) is 2.20. The molecule has 0 spiro atoms. The molecule has 5 heteroatoms. The number of hydrogen-bond donors (Lipinski definition) is 0. The first-order valence-corrected chi connectivity index (χ1v) is 8.44. The first kappa shape index (κ1) is 13.3. The predicted octanol–water partition coefficient (Wildman–Crippen LogP) is 4.02. The van der Waals surface area contributed by atoms with Crippen molar-refractivity contribution in [2.75, 3.05) is 0 Å². The third kappa shape index (κ3) is 1.19. The molecule has 3 aliphatic carbocycles. The summed E-state index contributed by atoms with van der Waals surface area (Å²) in [7, 11) is 1.98. The molecule has 22 heavy (non-hydrogen) atoms. The largest absolute Gasteiger partial charge is 0.284 e. The van der Waals surface area contributed by atoms with Gasteiger partial charge in [-0.2, -0.15) is 0 Å². The molecule has 3 aliphatic rings. The van der Waals surface area contributed by atoms with Gasteiger partial charge in [-0.15, -0.1) is 0 Å². The molecular formula is C17H16Cl2N2O. The second-order valence-corrected chi connectivity index (χ2v) is 8.11. The summed E-state index contributed by atoms with van der Waals surface area (Å²) in [5.41, 5.74) is 3.59. The van der Waals surface area contributed by atoms with Crippen LogP contribution in [-0.2, 0) is 12.5 Å². The molecular weight excluding hydrogens is 319 g/mol. The molecule has 0 amide bonds. The quantitative estimate of drug-likeness (QED) is 0.773. The van der Waals surface area contributed by atoms with Crippen LogP contribution in [0.25, 0.3) is 5.69 Å². The van der Waals surface area contributed by atoms with Crippen LogP contribution in [0.3, 0.4) is 0 Å². The maximum absolute atomic E-state index is 13.1. The standard InChI is InChI=1S/C17H16Cl2N2O/c1-16-8-17(16)6-5-10(16)13-14(17)20(2)21(15(13)22)12-7-9(18)3-4-11(12)19/h3-4,7,10H,5-6,8H2,1-2H3/t10-,16?,17-/m0/s1. The molecule has 1 aromatic heterocycles. The van der Waals surface area contributed by atoms with Crippen LogP contribution < -0.4 is 5.56 Å². The molecule has 2 aromatic rings. The SMILES string of the molecule is Cn1c2c(c(=O)n1-c1cc(Cl)ccc1Cl)[C@@H]1CC[C@]23CC13C. The van der Waals surface area contributed by atoms with E-state index in [1.165, 1.54) is 18.5 Å². The Morgan fingerprint density at radius 1 is 1.32 bits per heavy atom. The van der Waals surface area contributed by atoms with E-state index < -0.39 is 0 Å². The van der Waals surface area contributed by atoms with Crippen LogP contribution in [0.2, 0.25) is 10.0 Å².